The minimum Gasteiger partial charge on any atom is -0.314 e. The maximum absolute atomic E-state index is 3.84. The van der Waals surface area contributed by atoms with E-state index < -0.39 is 0 Å². The van der Waals surface area contributed by atoms with Gasteiger partial charge in [0.2, 0.25) is 0 Å². The van der Waals surface area contributed by atoms with Crippen LogP contribution in [0.25, 0.3) is 0 Å². The van der Waals surface area contributed by atoms with Gasteiger partial charge in [-0.25, -0.2) is 0 Å². The second kappa shape index (κ2) is 6.02. The van der Waals surface area contributed by atoms with Gasteiger partial charge in [-0.3, -0.25) is 0 Å². The van der Waals surface area contributed by atoms with Gasteiger partial charge in [-0.15, -0.1) is 0 Å². The first-order valence-corrected chi connectivity index (χ1v) is 7.30. The Kier molecular flexibility index (Phi) is 4.66. The van der Waals surface area contributed by atoms with Gasteiger partial charge in [-0.1, -0.05) is 19.8 Å². The molecule has 2 heteroatoms. The van der Waals surface area contributed by atoms with Gasteiger partial charge in [-0.05, 0) is 51.5 Å². The molecule has 0 radical (unpaired) electrons. The lowest BCUT2D eigenvalue weighted by atomic mass is 9.88. The maximum Gasteiger partial charge on any atom is 0.0113 e. The van der Waals surface area contributed by atoms with Gasteiger partial charge < -0.3 is 10.6 Å². The largest absolute Gasteiger partial charge is 0.314 e. The molecule has 1 saturated heterocycles. The van der Waals surface area contributed by atoms with E-state index in [1.807, 2.05) is 0 Å². The number of hydrogen-bond acceptors (Lipinski definition) is 2. The molecule has 2 rings (SSSR count). The molecule has 16 heavy (non-hydrogen) atoms. The van der Waals surface area contributed by atoms with E-state index in [2.05, 4.69) is 24.5 Å². The van der Waals surface area contributed by atoms with Gasteiger partial charge in [0.15, 0.2) is 0 Å². The van der Waals surface area contributed by atoms with E-state index in [4.69, 9.17) is 0 Å². The fourth-order valence-electron chi connectivity index (χ4n) is 3.40. The standard InChI is InChI=1S/C14H28N2/c1-3-11(2)16-14-9-6-7-12(14)13-8-4-5-10-15-13/h11-16H,3-10H2,1-2H3. The van der Waals surface area contributed by atoms with Crippen molar-refractivity contribution >= 4 is 0 Å². The summed E-state index contributed by atoms with van der Waals surface area (Å²) in [6.07, 6.45) is 9.73. The topological polar surface area (TPSA) is 24.1 Å². The number of piperidine rings is 1. The number of nitrogens with one attached hydrogen (secondary N) is 2. The first kappa shape index (κ1) is 12.4. The van der Waals surface area contributed by atoms with Crippen molar-refractivity contribution in [3.8, 4) is 0 Å². The molecule has 0 bridgehead atoms. The Balaban J connectivity index is 1.86. The van der Waals surface area contributed by atoms with E-state index in [0.717, 1.165) is 18.0 Å². The van der Waals surface area contributed by atoms with E-state index in [9.17, 15) is 0 Å². The molecule has 0 aromatic rings. The van der Waals surface area contributed by atoms with Crippen molar-refractivity contribution in [2.24, 2.45) is 5.92 Å². The molecule has 1 aliphatic heterocycles. The predicted molar refractivity (Wildman–Crippen MR) is 69.7 cm³/mol. The first-order chi connectivity index (χ1) is 7.81. The van der Waals surface area contributed by atoms with Gasteiger partial charge in [-0.2, -0.15) is 0 Å². The minimum absolute atomic E-state index is 0.689. The zero-order valence-corrected chi connectivity index (χ0v) is 11.0. The first-order valence-electron chi connectivity index (χ1n) is 7.30. The van der Waals surface area contributed by atoms with Crippen LogP contribution in [0.4, 0.5) is 0 Å². The highest BCUT2D eigenvalue weighted by molar-refractivity contribution is 4.92. The Hall–Kier alpha value is -0.0800. The van der Waals surface area contributed by atoms with E-state index in [1.165, 1.54) is 51.5 Å². The Labute approximate surface area is 101 Å². The van der Waals surface area contributed by atoms with Gasteiger partial charge in [0.25, 0.3) is 0 Å². The quantitative estimate of drug-likeness (QED) is 0.767. The highest BCUT2D eigenvalue weighted by Gasteiger charge is 2.34. The van der Waals surface area contributed by atoms with Crippen LogP contribution in [-0.4, -0.2) is 24.7 Å². The molecule has 1 saturated carbocycles. The molecule has 2 fully saturated rings. The molecule has 2 N–H and O–H groups in total. The van der Waals surface area contributed by atoms with Gasteiger partial charge >= 0.3 is 0 Å². The fraction of sp³-hybridized carbons (Fsp3) is 1.00. The van der Waals surface area contributed by atoms with Crippen LogP contribution in [0.1, 0.15) is 58.8 Å². The third-order valence-corrected chi connectivity index (χ3v) is 4.55. The predicted octanol–water partition coefficient (Wildman–Crippen LogP) is 2.69. The molecule has 0 aromatic carbocycles. The summed E-state index contributed by atoms with van der Waals surface area (Å²) in [4.78, 5) is 0. The van der Waals surface area contributed by atoms with Crippen LogP contribution >= 0.6 is 0 Å². The Morgan fingerprint density at radius 1 is 1.19 bits per heavy atom. The number of hydrogen-bond donors (Lipinski definition) is 2. The molecule has 4 atom stereocenters. The number of rotatable bonds is 4. The molecule has 0 aromatic heterocycles. The van der Waals surface area contributed by atoms with Crippen LogP contribution in [0.3, 0.4) is 0 Å². The normalized spacial score (nSPS) is 37.5. The zero-order chi connectivity index (χ0) is 11.4. The molecule has 0 spiro atoms. The summed E-state index contributed by atoms with van der Waals surface area (Å²) in [5, 5.41) is 7.58. The molecule has 1 heterocycles. The summed E-state index contributed by atoms with van der Waals surface area (Å²) in [6.45, 7) is 5.85. The molecule has 2 nitrogen and oxygen atoms in total. The van der Waals surface area contributed by atoms with Crippen molar-refractivity contribution in [2.75, 3.05) is 6.54 Å². The lowest BCUT2D eigenvalue weighted by molar-refractivity contribution is 0.247. The maximum atomic E-state index is 3.84. The van der Waals surface area contributed by atoms with Crippen LogP contribution in [0, 0.1) is 5.92 Å². The summed E-state index contributed by atoms with van der Waals surface area (Å²) in [5.74, 6) is 0.897. The Morgan fingerprint density at radius 3 is 2.75 bits per heavy atom. The lowest BCUT2D eigenvalue weighted by Gasteiger charge is -2.34. The second-order valence-electron chi connectivity index (χ2n) is 5.73. The summed E-state index contributed by atoms with van der Waals surface area (Å²) >= 11 is 0. The minimum atomic E-state index is 0.689. The molecule has 4 unspecified atom stereocenters. The molecular formula is C14H28N2. The van der Waals surface area contributed by atoms with Crippen LogP contribution in [0.2, 0.25) is 0 Å². The highest BCUT2D eigenvalue weighted by atomic mass is 15.0. The summed E-state index contributed by atoms with van der Waals surface area (Å²) < 4.78 is 0. The summed E-state index contributed by atoms with van der Waals surface area (Å²) in [6, 6.07) is 2.28. The Bertz CT molecular complexity index is 199. The van der Waals surface area contributed by atoms with E-state index in [-0.39, 0.29) is 0 Å². The fourth-order valence-corrected chi connectivity index (χ4v) is 3.40. The van der Waals surface area contributed by atoms with Crippen molar-refractivity contribution in [3.05, 3.63) is 0 Å². The van der Waals surface area contributed by atoms with Gasteiger partial charge in [0, 0.05) is 18.1 Å². The average molecular weight is 224 g/mol. The molecule has 94 valence electrons. The van der Waals surface area contributed by atoms with Crippen molar-refractivity contribution in [1.29, 1.82) is 0 Å². The van der Waals surface area contributed by atoms with Crippen LogP contribution in [-0.2, 0) is 0 Å². The zero-order valence-electron chi connectivity index (χ0n) is 11.0. The van der Waals surface area contributed by atoms with Gasteiger partial charge in [0.05, 0.1) is 0 Å². The molecule has 0 amide bonds. The van der Waals surface area contributed by atoms with Crippen molar-refractivity contribution in [1.82, 2.24) is 10.6 Å². The highest BCUT2D eigenvalue weighted by Crippen LogP contribution is 2.32. The molecular weight excluding hydrogens is 196 g/mol. The SMILES string of the molecule is CCC(C)NC1CCCC1C1CCCCN1. The second-order valence-corrected chi connectivity index (χ2v) is 5.73. The summed E-state index contributed by atoms with van der Waals surface area (Å²) in [7, 11) is 0. The van der Waals surface area contributed by atoms with Crippen molar-refractivity contribution in [3.63, 3.8) is 0 Å². The van der Waals surface area contributed by atoms with Crippen LogP contribution in [0.5, 0.6) is 0 Å². The lowest BCUT2D eigenvalue weighted by Crippen LogP contribution is -2.48. The van der Waals surface area contributed by atoms with E-state index >= 15 is 0 Å². The van der Waals surface area contributed by atoms with E-state index in [0.29, 0.717) is 6.04 Å². The Morgan fingerprint density at radius 2 is 2.06 bits per heavy atom. The monoisotopic (exact) mass is 224 g/mol. The third-order valence-electron chi connectivity index (χ3n) is 4.55. The van der Waals surface area contributed by atoms with Crippen molar-refractivity contribution in [2.45, 2.75) is 76.9 Å². The van der Waals surface area contributed by atoms with Crippen molar-refractivity contribution < 1.29 is 0 Å². The molecule has 2 aliphatic rings. The van der Waals surface area contributed by atoms with Gasteiger partial charge in [0.1, 0.15) is 0 Å². The van der Waals surface area contributed by atoms with E-state index in [1.54, 1.807) is 0 Å². The van der Waals surface area contributed by atoms with Crippen LogP contribution < -0.4 is 10.6 Å². The molecule has 1 aliphatic carbocycles. The smallest absolute Gasteiger partial charge is 0.0113 e. The third kappa shape index (κ3) is 2.98. The average Bonchev–Trinajstić information content (AvgIpc) is 2.78. The van der Waals surface area contributed by atoms with Crippen LogP contribution in [0.15, 0.2) is 0 Å². The summed E-state index contributed by atoms with van der Waals surface area (Å²) in [5.41, 5.74) is 0.